The highest BCUT2D eigenvalue weighted by atomic mass is 16.5. The third-order valence-corrected chi connectivity index (χ3v) is 4.64. The van der Waals surface area contributed by atoms with E-state index in [2.05, 4.69) is 12.1 Å². The van der Waals surface area contributed by atoms with Crippen LogP contribution in [-0.2, 0) is 17.6 Å². The van der Waals surface area contributed by atoms with Crippen molar-refractivity contribution in [3.63, 3.8) is 0 Å². The second-order valence-electron chi connectivity index (χ2n) is 6.22. The zero-order valence-corrected chi connectivity index (χ0v) is 12.8. The molecule has 0 atom stereocenters. The van der Waals surface area contributed by atoms with E-state index >= 15 is 0 Å². The van der Waals surface area contributed by atoms with Gasteiger partial charge in [-0.1, -0.05) is 25.3 Å². The van der Waals surface area contributed by atoms with Gasteiger partial charge in [-0.25, -0.2) is 0 Å². The van der Waals surface area contributed by atoms with Gasteiger partial charge in [-0.05, 0) is 55.4 Å². The Hall–Kier alpha value is -1.51. The molecule has 1 fully saturated rings. The topological polar surface area (TPSA) is 29.5 Å². The molecule has 0 spiro atoms. The Morgan fingerprint density at radius 1 is 0.952 bits per heavy atom. The van der Waals surface area contributed by atoms with E-state index in [9.17, 15) is 4.79 Å². The average Bonchev–Trinajstić information content (AvgIpc) is 2.92. The van der Waals surface area contributed by atoms with Crippen molar-refractivity contribution in [3.8, 4) is 5.75 Å². The Labute approximate surface area is 127 Å². The minimum atomic E-state index is 0.136. The van der Waals surface area contributed by atoms with Gasteiger partial charge in [0.2, 0.25) is 0 Å². The van der Waals surface area contributed by atoms with Crippen LogP contribution in [0.5, 0.6) is 5.75 Å². The summed E-state index contributed by atoms with van der Waals surface area (Å²) >= 11 is 0. The fraction of sp³-hybridized carbons (Fsp3) is 0.611. The van der Waals surface area contributed by atoms with Gasteiger partial charge in [0.15, 0.2) is 6.61 Å². The lowest BCUT2D eigenvalue weighted by atomic mass is 10.1. The second kappa shape index (κ2) is 6.97. The van der Waals surface area contributed by atoms with Crippen molar-refractivity contribution in [2.75, 3.05) is 19.7 Å². The number of nitrogens with zero attached hydrogens (tertiary/aromatic N) is 1. The number of carbonyl (C=O) groups excluding carboxylic acids is 1. The number of fused-ring (bicyclic) bond motifs is 1. The van der Waals surface area contributed by atoms with Crippen LogP contribution in [0.4, 0.5) is 0 Å². The minimum absolute atomic E-state index is 0.136. The number of benzene rings is 1. The van der Waals surface area contributed by atoms with Crippen LogP contribution in [-0.4, -0.2) is 30.5 Å². The van der Waals surface area contributed by atoms with Gasteiger partial charge < -0.3 is 9.64 Å². The summed E-state index contributed by atoms with van der Waals surface area (Å²) in [6.45, 7) is 1.97. The van der Waals surface area contributed by atoms with Gasteiger partial charge in [-0.15, -0.1) is 0 Å². The van der Waals surface area contributed by atoms with E-state index < -0.39 is 0 Å². The van der Waals surface area contributed by atoms with Crippen LogP contribution < -0.4 is 4.74 Å². The molecule has 3 rings (SSSR count). The Kier molecular flexibility index (Phi) is 4.79. The molecular formula is C18H25NO2. The number of hydrogen-bond donors (Lipinski definition) is 0. The Morgan fingerprint density at radius 3 is 2.48 bits per heavy atom. The van der Waals surface area contributed by atoms with Gasteiger partial charge in [0.25, 0.3) is 5.91 Å². The van der Waals surface area contributed by atoms with Crippen molar-refractivity contribution in [1.82, 2.24) is 4.90 Å². The van der Waals surface area contributed by atoms with E-state index in [4.69, 9.17) is 4.74 Å². The molecule has 0 bridgehead atoms. The first-order chi connectivity index (χ1) is 10.3. The molecule has 0 aromatic heterocycles. The largest absolute Gasteiger partial charge is 0.484 e. The van der Waals surface area contributed by atoms with Crippen LogP contribution in [0.15, 0.2) is 18.2 Å². The van der Waals surface area contributed by atoms with E-state index in [1.54, 1.807) is 0 Å². The van der Waals surface area contributed by atoms with Crippen LogP contribution in [0.2, 0.25) is 0 Å². The standard InChI is InChI=1S/C18H25NO2/c20-18(19-11-4-2-1-3-5-12-19)14-21-17-10-9-15-7-6-8-16(15)13-17/h9-10,13H,1-8,11-12,14H2. The molecule has 1 aromatic carbocycles. The molecule has 3 heteroatoms. The molecule has 1 amide bonds. The Morgan fingerprint density at radius 2 is 1.67 bits per heavy atom. The summed E-state index contributed by atoms with van der Waals surface area (Å²) in [5, 5.41) is 0. The molecule has 3 nitrogen and oxygen atoms in total. The summed E-state index contributed by atoms with van der Waals surface area (Å²) in [6.07, 6.45) is 9.63. The molecule has 0 saturated carbocycles. The van der Waals surface area contributed by atoms with Gasteiger partial charge >= 0.3 is 0 Å². The lowest BCUT2D eigenvalue weighted by Gasteiger charge is -2.24. The normalized spacial score (nSPS) is 18.8. The van der Waals surface area contributed by atoms with E-state index in [0.717, 1.165) is 38.1 Å². The number of aryl methyl sites for hydroxylation is 2. The molecule has 1 aliphatic carbocycles. The second-order valence-corrected chi connectivity index (χ2v) is 6.22. The van der Waals surface area contributed by atoms with E-state index in [1.165, 1.54) is 43.2 Å². The van der Waals surface area contributed by atoms with Crippen molar-refractivity contribution < 1.29 is 9.53 Å². The predicted molar refractivity (Wildman–Crippen MR) is 83.6 cm³/mol. The lowest BCUT2D eigenvalue weighted by Crippen LogP contribution is -2.37. The number of hydrogen-bond acceptors (Lipinski definition) is 2. The molecule has 1 aliphatic heterocycles. The molecule has 0 radical (unpaired) electrons. The quantitative estimate of drug-likeness (QED) is 0.853. The first kappa shape index (κ1) is 14.4. The van der Waals surface area contributed by atoms with Crippen molar-refractivity contribution >= 4 is 5.91 Å². The first-order valence-electron chi connectivity index (χ1n) is 8.35. The zero-order valence-electron chi connectivity index (χ0n) is 12.8. The fourth-order valence-corrected chi connectivity index (χ4v) is 3.37. The van der Waals surface area contributed by atoms with E-state index in [-0.39, 0.29) is 12.5 Å². The maximum Gasteiger partial charge on any atom is 0.260 e. The first-order valence-corrected chi connectivity index (χ1v) is 8.35. The summed E-state index contributed by atoms with van der Waals surface area (Å²) < 4.78 is 5.73. The van der Waals surface area contributed by atoms with Crippen molar-refractivity contribution in [2.24, 2.45) is 0 Å². The molecule has 21 heavy (non-hydrogen) atoms. The third kappa shape index (κ3) is 3.78. The van der Waals surface area contributed by atoms with Gasteiger partial charge in [0.1, 0.15) is 5.75 Å². The van der Waals surface area contributed by atoms with Crippen molar-refractivity contribution in [3.05, 3.63) is 29.3 Å². The zero-order chi connectivity index (χ0) is 14.5. The van der Waals surface area contributed by atoms with Crippen LogP contribution in [0.1, 0.15) is 49.7 Å². The highest BCUT2D eigenvalue weighted by Gasteiger charge is 2.16. The number of likely N-dealkylation sites (tertiary alicyclic amines) is 1. The van der Waals surface area contributed by atoms with Gasteiger partial charge in [0, 0.05) is 13.1 Å². The number of amides is 1. The SMILES string of the molecule is O=C(COc1ccc2c(c1)CCC2)N1CCCCCCC1. The Bertz CT molecular complexity index is 490. The van der Waals surface area contributed by atoms with E-state index in [1.807, 2.05) is 11.0 Å². The van der Waals surface area contributed by atoms with Crippen LogP contribution in [0, 0.1) is 0 Å². The molecule has 0 unspecified atom stereocenters. The van der Waals surface area contributed by atoms with Crippen molar-refractivity contribution in [2.45, 2.75) is 51.4 Å². The summed E-state index contributed by atoms with van der Waals surface area (Å²) in [7, 11) is 0. The molecule has 114 valence electrons. The molecule has 1 saturated heterocycles. The molecular weight excluding hydrogens is 262 g/mol. The highest BCUT2D eigenvalue weighted by molar-refractivity contribution is 5.77. The minimum Gasteiger partial charge on any atom is -0.484 e. The summed E-state index contributed by atoms with van der Waals surface area (Å²) in [6, 6.07) is 6.27. The molecule has 2 aliphatic rings. The molecule has 1 heterocycles. The maximum atomic E-state index is 12.3. The molecule has 0 N–H and O–H groups in total. The summed E-state index contributed by atoms with van der Waals surface area (Å²) in [5.41, 5.74) is 2.84. The monoisotopic (exact) mass is 287 g/mol. The third-order valence-electron chi connectivity index (χ3n) is 4.64. The fourth-order valence-electron chi connectivity index (χ4n) is 3.37. The van der Waals surface area contributed by atoms with Crippen LogP contribution >= 0.6 is 0 Å². The highest BCUT2D eigenvalue weighted by Crippen LogP contribution is 2.26. The number of rotatable bonds is 3. The summed E-state index contributed by atoms with van der Waals surface area (Å²) in [5.74, 6) is 0.980. The lowest BCUT2D eigenvalue weighted by molar-refractivity contribution is -0.133. The van der Waals surface area contributed by atoms with Crippen molar-refractivity contribution in [1.29, 1.82) is 0 Å². The van der Waals surface area contributed by atoms with Crippen LogP contribution in [0.25, 0.3) is 0 Å². The van der Waals surface area contributed by atoms with Gasteiger partial charge in [-0.3, -0.25) is 4.79 Å². The smallest absolute Gasteiger partial charge is 0.260 e. The van der Waals surface area contributed by atoms with Gasteiger partial charge in [-0.2, -0.15) is 0 Å². The maximum absolute atomic E-state index is 12.3. The van der Waals surface area contributed by atoms with E-state index in [0.29, 0.717) is 0 Å². The van der Waals surface area contributed by atoms with Crippen LogP contribution in [0.3, 0.4) is 0 Å². The predicted octanol–water partition coefficient (Wildman–Crippen LogP) is 3.35. The molecule has 1 aromatic rings. The number of ether oxygens (including phenoxy) is 1. The van der Waals surface area contributed by atoms with Gasteiger partial charge in [0.05, 0.1) is 0 Å². The number of carbonyl (C=O) groups is 1. The summed E-state index contributed by atoms with van der Waals surface area (Å²) in [4.78, 5) is 14.2. The average molecular weight is 287 g/mol. The Balaban J connectivity index is 1.52.